The van der Waals surface area contributed by atoms with Gasteiger partial charge in [-0.05, 0) is 100 Å². The number of anilines is 2. The summed E-state index contributed by atoms with van der Waals surface area (Å²) in [7, 11) is 0. The predicted octanol–water partition coefficient (Wildman–Crippen LogP) is 4.19. The number of likely N-dealkylation sites (tertiary alicyclic amines) is 2. The van der Waals surface area contributed by atoms with Gasteiger partial charge in [0.15, 0.2) is 5.78 Å². The molecule has 2 unspecified atom stereocenters. The van der Waals surface area contributed by atoms with Crippen LogP contribution in [0.2, 0.25) is 0 Å². The van der Waals surface area contributed by atoms with Crippen LogP contribution in [-0.2, 0) is 4.79 Å². The second-order valence-corrected chi connectivity index (χ2v) is 13.2. The van der Waals surface area contributed by atoms with Crippen molar-refractivity contribution in [2.45, 2.75) is 50.6 Å². The third kappa shape index (κ3) is 7.97. The van der Waals surface area contributed by atoms with Crippen molar-refractivity contribution in [3.8, 4) is 0 Å². The first-order chi connectivity index (χ1) is 21.5. The number of piperidine rings is 2. The fourth-order valence-electron chi connectivity index (χ4n) is 7.65. The first kappa shape index (κ1) is 31.4. The van der Waals surface area contributed by atoms with Gasteiger partial charge in [-0.15, -0.1) is 0 Å². The van der Waals surface area contributed by atoms with Gasteiger partial charge in [0, 0.05) is 76.8 Å². The molecule has 0 amide bonds. The van der Waals surface area contributed by atoms with Gasteiger partial charge in [-0.3, -0.25) is 14.6 Å². The van der Waals surface area contributed by atoms with Crippen molar-refractivity contribution >= 4 is 17.2 Å². The standard InChI is InChI=1S/C35H50F2N6O/c36-29-7-11-31(12-8-29)40-19-23-42(24-20-40)33(27-38-15-3-1-4-16-38)35(44)34(28-39-17-5-2-6-18-39)43-25-21-41(22-26-43)32-13-9-30(37)10-14-32/h7-14,33-34H,1-6,15-28H2. The van der Waals surface area contributed by atoms with Crippen LogP contribution >= 0.6 is 0 Å². The minimum atomic E-state index is -0.210. The number of hydrogen-bond donors (Lipinski definition) is 0. The lowest BCUT2D eigenvalue weighted by Crippen LogP contribution is -2.63. The largest absolute Gasteiger partial charge is 0.369 e. The van der Waals surface area contributed by atoms with Crippen molar-refractivity contribution in [1.29, 1.82) is 0 Å². The summed E-state index contributed by atoms with van der Waals surface area (Å²) in [4.78, 5) is 29.5. The van der Waals surface area contributed by atoms with Gasteiger partial charge in [0.1, 0.15) is 11.6 Å². The molecular weight excluding hydrogens is 558 g/mol. The molecule has 7 nitrogen and oxygen atoms in total. The van der Waals surface area contributed by atoms with Crippen LogP contribution in [0, 0.1) is 11.6 Å². The van der Waals surface area contributed by atoms with E-state index in [1.54, 1.807) is 0 Å². The minimum absolute atomic E-state index is 0.131. The van der Waals surface area contributed by atoms with E-state index in [2.05, 4.69) is 29.4 Å². The molecule has 6 rings (SSSR count). The van der Waals surface area contributed by atoms with E-state index in [1.807, 2.05) is 24.3 Å². The van der Waals surface area contributed by atoms with E-state index in [0.717, 1.165) is 103 Å². The Hall–Kier alpha value is -2.59. The Morgan fingerprint density at radius 2 is 0.841 bits per heavy atom. The lowest BCUT2D eigenvalue weighted by molar-refractivity contribution is -0.132. The third-order valence-electron chi connectivity index (χ3n) is 10.3. The van der Waals surface area contributed by atoms with Gasteiger partial charge in [0.05, 0.1) is 12.1 Å². The van der Waals surface area contributed by atoms with Gasteiger partial charge in [0.2, 0.25) is 0 Å². The van der Waals surface area contributed by atoms with Crippen LogP contribution in [0.4, 0.5) is 20.2 Å². The maximum atomic E-state index is 14.9. The number of carbonyl (C=O) groups is 1. The van der Waals surface area contributed by atoms with E-state index >= 15 is 0 Å². The molecule has 2 atom stereocenters. The summed E-state index contributed by atoms with van der Waals surface area (Å²) in [6, 6.07) is 13.3. The van der Waals surface area contributed by atoms with E-state index in [1.165, 1.54) is 62.8 Å². The molecule has 2 aromatic carbocycles. The summed E-state index contributed by atoms with van der Waals surface area (Å²) in [5.74, 6) is -0.0396. The zero-order valence-electron chi connectivity index (χ0n) is 26.3. The molecule has 4 aliphatic heterocycles. The van der Waals surface area contributed by atoms with Gasteiger partial charge < -0.3 is 19.6 Å². The smallest absolute Gasteiger partial charge is 0.169 e. The van der Waals surface area contributed by atoms with Gasteiger partial charge in [-0.2, -0.15) is 0 Å². The van der Waals surface area contributed by atoms with E-state index < -0.39 is 0 Å². The molecule has 0 aromatic heterocycles. The number of halogens is 2. The lowest BCUT2D eigenvalue weighted by Gasteiger charge is -2.46. The SMILES string of the molecule is O=C(C(CN1CCCCC1)N1CCN(c2ccc(F)cc2)CC1)C(CN1CCCCC1)N1CCN(c2ccc(F)cc2)CC1. The van der Waals surface area contributed by atoms with Crippen molar-refractivity contribution in [3.05, 3.63) is 60.2 Å². The summed E-state index contributed by atoms with van der Waals surface area (Å²) >= 11 is 0. The molecule has 240 valence electrons. The van der Waals surface area contributed by atoms with Crippen molar-refractivity contribution < 1.29 is 13.6 Å². The van der Waals surface area contributed by atoms with Crippen molar-refractivity contribution in [1.82, 2.24) is 19.6 Å². The van der Waals surface area contributed by atoms with Gasteiger partial charge >= 0.3 is 0 Å². The number of hydrogen-bond acceptors (Lipinski definition) is 7. The van der Waals surface area contributed by atoms with Gasteiger partial charge in [-0.1, -0.05) is 12.8 Å². The Morgan fingerprint density at radius 3 is 1.18 bits per heavy atom. The summed E-state index contributed by atoms with van der Waals surface area (Å²) in [5, 5.41) is 0. The third-order valence-corrected chi connectivity index (χ3v) is 10.3. The van der Waals surface area contributed by atoms with E-state index in [4.69, 9.17) is 0 Å². The molecule has 4 aliphatic rings. The molecular formula is C35H50F2N6O. The quantitative estimate of drug-likeness (QED) is 0.401. The molecule has 4 heterocycles. The molecule has 44 heavy (non-hydrogen) atoms. The first-order valence-electron chi connectivity index (χ1n) is 17.0. The summed E-state index contributed by atoms with van der Waals surface area (Å²) < 4.78 is 27.1. The summed E-state index contributed by atoms with van der Waals surface area (Å²) in [6.45, 7) is 12.6. The van der Waals surface area contributed by atoms with Crippen molar-refractivity contribution in [2.24, 2.45) is 0 Å². The Labute approximate surface area is 262 Å². The lowest BCUT2D eigenvalue weighted by atomic mass is 9.97. The van der Waals surface area contributed by atoms with Crippen molar-refractivity contribution in [3.63, 3.8) is 0 Å². The second kappa shape index (κ2) is 15.1. The number of rotatable bonds is 10. The number of carbonyl (C=O) groups excluding carboxylic acids is 1. The molecule has 2 aromatic rings. The highest BCUT2D eigenvalue weighted by molar-refractivity contribution is 5.89. The molecule has 0 aliphatic carbocycles. The van der Waals surface area contributed by atoms with Crippen LogP contribution in [0.25, 0.3) is 0 Å². The van der Waals surface area contributed by atoms with E-state index in [-0.39, 0.29) is 23.7 Å². The molecule has 4 saturated heterocycles. The fourth-order valence-corrected chi connectivity index (χ4v) is 7.65. The molecule has 0 spiro atoms. The van der Waals surface area contributed by atoms with Crippen LogP contribution in [0.1, 0.15) is 38.5 Å². The molecule has 0 saturated carbocycles. The number of Topliss-reactive ketones (excluding diaryl/α,β-unsaturated/α-hetero) is 1. The highest BCUT2D eigenvalue weighted by Crippen LogP contribution is 2.24. The molecule has 0 bridgehead atoms. The number of nitrogens with zero attached hydrogens (tertiary/aromatic N) is 6. The van der Waals surface area contributed by atoms with Crippen LogP contribution in [-0.4, -0.2) is 129 Å². The topological polar surface area (TPSA) is 36.5 Å². The van der Waals surface area contributed by atoms with E-state index in [0.29, 0.717) is 5.78 Å². The molecule has 0 N–H and O–H groups in total. The molecule has 0 radical (unpaired) electrons. The fraction of sp³-hybridized carbons (Fsp3) is 0.629. The number of ketones is 1. The Bertz CT molecular complexity index is 1080. The Morgan fingerprint density at radius 1 is 0.500 bits per heavy atom. The van der Waals surface area contributed by atoms with Crippen LogP contribution in [0.3, 0.4) is 0 Å². The Balaban J connectivity index is 1.18. The van der Waals surface area contributed by atoms with Crippen molar-refractivity contribution in [2.75, 3.05) is 101 Å². The van der Waals surface area contributed by atoms with Crippen LogP contribution < -0.4 is 9.80 Å². The average molecular weight is 609 g/mol. The Kier molecular flexibility index (Phi) is 10.8. The zero-order chi connectivity index (χ0) is 30.3. The average Bonchev–Trinajstić information content (AvgIpc) is 3.08. The zero-order valence-corrected chi connectivity index (χ0v) is 26.3. The maximum Gasteiger partial charge on any atom is 0.169 e. The summed E-state index contributed by atoms with van der Waals surface area (Å²) in [5.41, 5.74) is 2.10. The minimum Gasteiger partial charge on any atom is -0.369 e. The first-order valence-corrected chi connectivity index (χ1v) is 17.0. The summed E-state index contributed by atoms with van der Waals surface area (Å²) in [6.07, 6.45) is 7.40. The number of piperazine rings is 2. The van der Waals surface area contributed by atoms with Gasteiger partial charge in [-0.25, -0.2) is 8.78 Å². The predicted molar refractivity (Wildman–Crippen MR) is 174 cm³/mol. The molecule has 9 heteroatoms. The molecule has 4 fully saturated rings. The van der Waals surface area contributed by atoms with Gasteiger partial charge in [0.25, 0.3) is 0 Å². The monoisotopic (exact) mass is 608 g/mol. The van der Waals surface area contributed by atoms with E-state index in [9.17, 15) is 13.6 Å². The normalized spacial score (nSPS) is 23.0. The number of benzene rings is 2. The maximum absolute atomic E-state index is 14.9. The highest BCUT2D eigenvalue weighted by Gasteiger charge is 2.39. The van der Waals surface area contributed by atoms with Crippen LogP contribution in [0.5, 0.6) is 0 Å². The second-order valence-electron chi connectivity index (χ2n) is 13.2. The van der Waals surface area contributed by atoms with Crippen LogP contribution in [0.15, 0.2) is 48.5 Å². The highest BCUT2D eigenvalue weighted by atomic mass is 19.1.